The lowest BCUT2D eigenvalue weighted by Gasteiger charge is -2.19. The molecule has 14 heavy (non-hydrogen) atoms. The predicted molar refractivity (Wildman–Crippen MR) is 36.2 cm³/mol. The zero-order valence-electron chi connectivity index (χ0n) is 7.33. The van der Waals surface area contributed by atoms with Gasteiger partial charge in [0, 0.05) is 0 Å². The molecule has 0 spiro atoms. The summed E-state index contributed by atoms with van der Waals surface area (Å²) in [6, 6.07) is 0. The Balaban J connectivity index is 2.29. The summed E-state index contributed by atoms with van der Waals surface area (Å²) < 4.78 is 68.3. The second-order valence-corrected chi connectivity index (χ2v) is 3.43. The summed E-state index contributed by atoms with van der Waals surface area (Å²) in [5.41, 5.74) is -0.679. The van der Waals surface area contributed by atoms with Gasteiger partial charge < -0.3 is 9.47 Å². The quantitative estimate of drug-likeness (QED) is 0.533. The van der Waals surface area contributed by atoms with Crippen LogP contribution in [0.2, 0.25) is 0 Å². The lowest BCUT2D eigenvalue weighted by Crippen LogP contribution is -2.41. The van der Waals surface area contributed by atoms with Crippen molar-refractivity contribution in [2.45, 2.75) is 24.6 Å². The Labute approximate surface area is 77.0 Å². The van der Waals surface area contributed by atoms with Gasteiger partial charge in [-0.25, -0.2) is 0 Å². The van der Waals surface area contributed by atoms with Gasteiger partial charge in [-0.05, 0) is 6.92 Å². The number of hydrogen-bond donors (Lipinski definition) is 0. The molecule has 1 atom stereocenters. The van der Waals surface area contributed by atoms with Crippen molar-refractivity contribution in [1.82, 2.24) is 0 Å². The molecule has 0 radical (unpaired) electrons. The average molecular weight is 220 g/mol. The summed E-state index contributed by atoms with van der Waals surface area (Å²) >= 11 is 0. The molecule has 0 aromatic carbocycles. The maximum atomic E-state index is 12.2. The van der Waals surface area contributed by atoms with Crippen LogP contribution in [0.4, 0.5) is 22.0 Å². The van der Waals surface area contributed by atoms with Crippen LogP contribution in [0.5, 0.6) is 0 Å². The highest BCUT2D eigenvalue weighted by Crippen LogP contribution is 2.36. The summed E-state index contributed by atoms with van der Waals surface area (Å²) in [6.45, 7) is -0.0164. The van der Waals surface area contributed by atoms with Crippen LogP contribution in [-0.2, 0) is 9.47 Å². The number of rotatable bonds is 4. The second kappa shape index (κ2) is 3.30. The third-order valence-electron chi connectivity index (χ3n) is 1.74. The number of halogens is 5. The fourth-order valence-electron chi connectivity index (χ4n) is 0.683. The van der Waals surface area contributed by atoms with Crippen molar-refractivity contribution < 1.29 is 31.4 Å². The van der Waals surface area contributed by atoms with Crippen molar-refractivity contribution in [2.75, 3.05) is 19.8 Å². The van der Waals surface area contributed by atoms with E-state index in [1.54, 1.807) is 6.92 Å². The maximum Gasteiger partial charge on any atom is 0.455 e. The molecule has 2 nitrogen and oxygen atoms in total. The molecule has 84 valence electrons. The molecule has 0 amide bonds. The minimum Gasteiger partial charge on any atom is -0.372 e. The Bertz CT molecular complexity index is 209. The lowest BCUT2D eigenvalue weighted by molar-refractivity contribution is -0.297. The lowest BCUT2D eigenvalue weighted by atomic mass is 10.2. The van der Waals surface area contributed by atoms with Crippen molar-refractivity contribution in [1.29, 1.82) is 0 Å². The van der Waals surface area contributed by atoms with Gasteiger partial charge in [0.05, 0.1) is 13.2 Å². The fraction of sp³-hybridized carbons (Fsp3) is 1.00. The first-order chi connectivity index (χ1) is 6.16. The van der Waals surface area contributed by atoms with E-state index in [0.717, 1.165) is 0 Å². The van der Waals surface area contributed by atoms with Gasteiger partial charge in [0.25, 0.3) is 0 Å². The molecule has 1 fully saturated rings. The van der Waals surface area contributed by atoms with Gasteiger partial charge in [0.15, 0.2) is 0 Å². The molecular weight excluding hydrogens is 211 g/mol. The highest BCUT2D eigenvalue weighted by Gasteiger charge is 2.58. The van der Waals surface area contributed by atoms with Crippen LogP contribution in [0.25, 0.3) is 0 Å². The summed E-state index contributed by atoms with van der Waals surface area (Å²) in [6.07, 6.45) is -5.56. The van der Waals surface area contributed by atoms with Crippen LogP contribution >= 0.6 is 0 Å². The van der Waals surface area contributed by atoms with E-state index in [4.69, 9.17) is 4.74 Å². The SMILES string of the molecule is CC1(COCC(F)(F)C(F)(F)F)CO1. The molecular formula is C7H9F5O2. The van der Waals surface area contributed by atoms with E-state index in [2.05, 4.69) is 4.74 Å². The zero-order valence-corrected chi connectivity index (χ0v) is 7.33. The standard InChI is InChI=1S/C7H9F5O2/c1-5(3-14-5)2-13-4-6(8,9)7(10,11)12/h2-4H2,1H3. The van der Waals surface area contributed by atoms with E-state index in [1.165, 1.54) is 0 Å². The van der Waals surface area contributed by atoms with Gasteiger partial charge in [-0.1, -0.05) is 0 Å². The average Bonchev–Trinajstić information content (AvgIpc) is 2.65. The van der Waals surface area contributed by atoms with Crippen molar-refractivity contribution in [3.05, 3.63) is 0 Å². The van der Waals surface area contributed by atoms with Crippen molar-refractivity contribution in [3.63, 3.8) is 0 Å². The first-order valence-electron chi connectivity index (χ1n) is 3.83. The minimum atomic E-state index is -5.56. The summed E-state index contributed by atoms with van der Waals surface area (Å²) in [5, 5.41) is 0. The largest absolute Gasteiger partial charge is 0.455 e. The van der Waals surface area contributed by atoms with Crippen molar-refractivity contribution in [3.8, 4) is 0 Å². The van der Waals surface area contributed by atoms with Crippen molar-refractivity contribution >= 4 is 0 Å². The topological polar surface area (TPSA) is 21.8 Å². The Morgan fingerprint density at radius 2 is 1.79 bits per heavy atom. The third kappa shape index (κ3) is 2.78. The Morgan fingerprint density at radius 3 is 2.14 bits per heavy atom. The molecule has 0 N–H and O–H groups in total. The van der Waals surface area contributed by atoms with E-state index in [0.29, 0.717) is 6.61 Å². The van der Waals surface area contributed by atoms with Gasteiger partial charge >= 0.3 is 12.1 Å². The number of alkyl halides is 5. The molecule has 0 aliphatic carbocycles. The van der Waals surface area contributed by atoms with Gasteiger partial charge in [0.2, 0.25) is 0 Å². The second-order valence-electron chi connectivity index (χ2n) is 3.43. The third-order valence-corrected chi connectivity index (χ3v) is 1.74. The summed E-state index contributed by atoms with van der Waals surface area (Å²) in [7, 11) is 0. The van der Waals surface area contributed by atoms with Crippen LogP contribution in [0.1, 0.15) is 6.92 Å². The normalized spacial score (nSPS) is 27.9. The predicted octanol–water partition coefficient (Wildman–Crippen LogP) is 1.99. The molecule has 1 aliphatic rings. The highest BCUT2D eigenvalue weighted by molar-refractivity contribution is 4.87. The first-order valence-corrected chi connectivity index (χ1v) is 3.83. The van der Waals surface area contributed by atoms with E-state index in [1.807, 2.05) is 0 Å². The molecule has 0 aromatic rings. The number of epoxide rings is 1. The van der Waals surface area contributed by atoms with Crippen LogP contribution < -0.4 is 0 Å². The molecule has 0 bridgehead atoms. The fourth-order valence-corrected chi connectivity index (χ4v) is 0.683. The maximum absolute atomic E-state index is 12.2. The molecule has 0 saturated carbocycles. The molecule has 1 heterocycles. The highest BCUT2D eigenvalue weighted by atomic mass is 19.4. The number of hydrogen-bond acceptors (Lipinski definition) is 2. The Morgan fingerprint density at radius 1 is 1.29 bits per heavy atom. The van der Waals surface area contributed by atoms with Crippen LogP contribution in [0.15, 0.2) is 0 Å². The van der Waals surface area contributed by atoms with Gasteiger partial charge in [-0.3, -0.25) is 0 Å². The zero-order chi connectivity index (χ0) is 11.0. The van der Waals surface area contributed by atoms with Gasteiger partial charge in [-0.15, -0.1) is 0 Å². The Hall–Kier alpha value is -0.430. The Kier molecular flexibility index (Phi) is 2.75. The van der Waals surface area contributed by atoms with Crippen LogP contribution in [0, 0.1) is 0 Å². The smallest absolute Gasteiger partial charge is 0.372 e. The number of ether oxygens (including phenoxy) is 2. The van der Waals surface area contributed by atoms with Gasteiger partial charge in [0.1, 0.15) is 12.2 Å². The summed E-state index contributed by atoms with van der Waals surface area (Å²) in [5.74, 6) is -4.79. The molecule has 7 heteroatoms. The van der Waals surface area contributed by atoms with Gasteiger partial charge in [-0.2, -0.15) is 22.0 Å². The molecule has 1 aliphatic heterocycles. The van der Waals surface area contributed by atoms with Crippen LogP contribution in [-0.4, -0.2) is 37.5 Å². The molecule has 1 saturated heterocycles. The first kappa shape index (κ1) is 11.6. The monoisotopic (exact) mass is 220 g/mol. The molecule has 0 aromatic heterocycles. The minimum absolute atomic E-state index is 0.251. The van der Waals surface area contributed by atoms with E-state index >= 15 is 0 Å². The summed E-state index contributed by atoms with van der Waals surface area (Å²) in [4.78, 5) is 0. The van der Waals surface area contributed by atoms with E-state index in [9.17, 15) is 22.0 Å². The van der Waals surface area contributed by atoms with E-state index in [-0.39, 0.29) is 6.61 Å². The van der Waals surface area contributed by atoms with E-state index < -0.39 is 24.3 Å². The van der Waals surface area contributed by atoms with Crippen molar-refractivity contribution in [2.24, 2.45) is 0 Å². The molecule has 1 unspecified atom stereocenters. The molecule has 1 rings (SSSR count). The van der Waals surface area contributed by atoms with Crippen LogP contribution in [0.3, 0.4) is 0 Å².